The number of rotatable bonds is 7. The van der Waals surface area contributed by atoms with Crippen LogP contribution in [0.25, 0.3) is 55.3 Å². The molecule has 9 aromatic rings. The molecule has 1 unspecified atom stereocenters. The van der Waals surface area contributed by atoms with E-state index in [1.807, 2.05) is 0 Å². The van der Waals surface area contributed by atoms with Gasteiger partial charge >= 0.3 is 0 Å². The van der Waals surface area contributed by atoms with Crippen molar-refractivity contribution in [1.29, 1.82) is 0 Å². The molecule has 0 spiro atoms. The van der Waals surface area contributed by atoms with Crippen LogP contribution in [0.5, 0.6) is 0 Å². The minimum Gasteiger partial charge on any atom is -0.309 e. The first-order chi connectivity index (χ1) is 32.0. The lowest BCUT2D eigenvalue weighted by atomic mass is 9.74. The molecule has 0 radical (unpaired) electrons. The average Bonchev–Trinajstić information content (AvgIpc) is 3.60. The summed E-state index contributed by atoms with van der Waals surface area (Å²) in [5.74, 6) is 0. The van der Waals surface area contributed by atoms with E-state index in [2.05, 4.69) is 274 Å². The van der Waals surface area contributed by atoms with E-state index in [1.165, 1.54) is 88.7 Å². The Kier molecular flexibility index (Phi) is 10.8. The minimum absolute atomic E-state index is 0.0118. The van der Waals surface area contributed by atoms with Gasteiger partial charge in [0.05, 0.1) is 17.1 Å². The van der Waals surface area contributed by atoms with Crippen molar-refractivity contribution < 1.29 is 0 Å². The molecule has 1 aliphatic carbocycles. The highest BCUT2D eigenvalue weighted by Gasteiger charge is 2.42. The number of para-hydroxylation sites is 2. The van der Waals surface area contributed by atoms with Crippen molar-refractivity contribution in [3.8, 4) is 44.5 Å². The normalized spacial score (nSPS) is 14.8. The second-order valence-corrected chi connectivity index (χ2v) is 21.9. The fourth-order valence-electron chi connectivity index (χ4n) is 10.6. The Hall–Kier alpha value is -6.96. The predicted octanol–water partition coefficient (Wildman–Crippen LogP) is 18.5. The summed E-state index contributed by atoms with van der Waals surface area (Å²) in [4.78, 5) is 2.58. The molecule has 1 atom stereocenters. The van der Waals surface area contributed by atoms with Crippen LogP contribution in [-0.2, 0) is 21.7 Å². The molecule has 0 aliphatic heterocycles. The highest BCUT2D eigenvalue weighted by molar-refractivity contribution is 6.10. The van der Waals surface area contributed by atoms with E-state index in [0.717, 1.165) is 17.1 Å². The first kappa shape index (κ1) is 43.9. The van der Waals surface area contributed by atoms with E-state index >= 15 is 0 Å². The topological polar surface area (TPSA) is 3.24 Å². The molecule has 67 heavy (non-hydrogen) atoms. The van der Waals surface area contributed by atoms with Gasteiger partial charge in [-0.25, -0.2) is 0 Å². The molecule has 1 nitrogen and oxygen atoms in total. The fraction of sp³-hybridized carbons (Fsp3) is 0.212. The standard InChI is InChI=1S/C66H63N/c1-63(2,3)47-39-37-44(38-40-47)51-27-15-18-34-58(51)67(60-36-22-33-57-62(60)55-29-14-17-32-56(55)66(57,10)48-25-12-11-13-26-48)59-35-19-16-28-53(59)54-31-21-24-45-23-20-30-52(61(45)54)46-41-49(64(4,5)6)43-50(42-46)65(7,8)9/h11-43H,1-10H3. The Labute approximate surface area is 399 Å². The molecule has 0 aromatic heterocycles. The Balaban J connectivity index is 1.28. The van der Waals surface area contributed by atoms with Gasteiger partial charge in [0.25, 0.3) is 0 Å². The lowest BCUT2D eigenvalue weighted by molar-refractivity contribution is 0.569. The van der Waals surface area contributed by atoms with Crippen LogP contribution in [0.1, 0.15) is 103 Å². The highest BCUT2D eigenvalue weighted by atomic mass is 15.2. The van der Waals surface area contributed by atoms with Crippen molar-refractivity contribution >= 4 is 27.8 Å². The van der Waals surface area contributed by atoms with Gasteiger partial charge < -0.3 is 4.90 Å². The summed E-state index contributed by atoms with van der Waals surface area (Å²) in [5, 5.41) is 2.48. The lowest BCUT2D eigenvalue weighted by Crippen LogP contribution is -2.22. The van der Waals surface area contributed by atoms with Gasteiger partial charge in [-0.3, -0.25) is 0 Å². The van der Waals surface area contributed by atoms with Gasteiger partial charge in [-0.05, 0) is 113 Å². The van der Waals surface area contributed by atoms with Crippen molar-refractivity contribution in [1.82, 2.24) is 0 Å². The van der Waals surface area contributed by atoms with Crippen LogP contribution in [0.2, 0.25) is 0 Å². The quantitative estimate of drug-likeness (QED) is 0.154. The maximum absolute atomic E-state index is 2.58. The highest BCUT2D eigenvalue weighted by Crippen LogP contribution is 2.58. The summed E-state index contributed by atoms with van der Waals surface area (Å²) in [6, 6.07) is 75.5. The Morgan fingerprint density at radius 1 is 0.343 bits per heavy atom. The molecule has 0 heterocycles. The van der Waals surface area contributed by atoms with E-state index in [1.54, 1.807) is 0 Å². The van der Waals surface area contributed by atoms with E-state index < -0.39 is 0 Å². The summed E-state index contributed by atoms with van der Waals surface area (Å²) in [7, 11) is 0. The van der Waals surface area contributed by atoms with Crippen LogP contribution in [0.15, 0.2) is 200 Å². The fourth-order valence-corrected chi connectivity index (χ4v) is 10.6. The van der Waals surface area contributed by atoms with Gasteiger partial charge in [-0.2, -0.15) is 0 Å². The lowest BCUT2D eigenvalue weighted by Gasteiger charge is -2.33. The van der Waals surface area contributed by atoms with Crippen LogP contribution in [-0.4, -0.2) is 0 Å². The molecule has 1 aliphatic rings. The molecule has 0 saturated carbocycles. The van der Waals surface area contributed by atoms with E-state index in [0.29, 0.717) is 0 Å². The van der Waals surface area contributed by atoms with E-state index in [-0.39, 0.29) is 21.7 Å². The van der Waals surface area contributed by atoms with Crippen molar-refractivity contribution in [2.45, 2.75) is 90.9 Å². The average molecular weight is 870 g/mol. The second kappa shape index (κ2) is 16.4. The monoisotopic (exact) mass is 869 g/mol. The third kappa shape index (κ3) is 7.69. The Bertz CT molecular complexity index is 3260. The Morgan fingerprint density at radius 3 is 1.45 bits per heavy atom. The molecule has 0 N–H and O–H groups in total. The molecule has 0 saturated heterocycles. The van der Waals surface area contributed by atoms with Crippen molar-refractivity contribution in [2.75, 3.05) is 4.90 Å². The number of nitrogens with zero attached hydrogens (tertiary/aromatic N) is 1. The van der Waals surface area contributed by atoms with Crippen LogP contribution in [0, 0.1) is 0 Å². The van der Waals surface area contributed by atoms with Crippen LogP contribution < -0.4 is 4.90 Å². The molecule has 0 bridgehead atoms. The number of fused-ring (bicyclic) bond motifs is 4. The second-order valence-electron chi connectivity index (χ2n) is 21.9. The van der Waals surface area contributed by atoms with Gasteiger partial charge in [0.1, 0.15) is 0 Å². The van der Waals surface area contributed by atoms with E-state index in [9.17, 15) is 0 Å². The summed E-state index contributed by atoms with van der Waals surface area (Å²) in [6.07, 6.45) is 0. The first-order valence-electron chi connectivity index (χ1n) is 24.1. The van der Waals surface area contributed by atoms with Crippen molar-refractivity contribution in [3.63, 3.8) is 0 Å². The smallest absolute Gasteiger partial charge is 0.0543 e. The number of hydrogen-bond acceptors (Lipinski definition) is 1. The number of hydrogen-bond donors (Lipinski definition) is 0. The molecule has 332 valence electrons. The predicted molar refractivity (Wildman–Crippen MR) is 288 cm³/mol. The Morgan fingerprint density at radius 2 is 0.821 bits per heavy atom. The van der Waals surface area contributed by atoms with Gasteiger partial charge in [-0.15, -0.1) is 0 Å². The summed E-state index contributed by atoms with van der Waals surface area (Å²) >= 11 is 0. The van der Waals surface area contributed by atoms with Gasteiger partial charge in [0.2, 0.25) is 0 Å². The molecule has 1 heteroatoms. The largest absolute Gasteiger partial charge is 0.309 e. The molecule has 0 amide bonds. The third-order valence-corrected chi connectivity index (χ3v) is 14.4. The maximum Gasteiger partial charge on any atom is 0.0543 e. The van der Waals surface area contributed by atoms with Crippen molar-refractivity contribution in [2.24, 2.45) is 0 Å². The third-order valence-electron chi connectivity index (χ3n) is 14.4. The van der Waals surface area contributed by atoms with Gasteiger partial charge in [-0.1, -0.05) is 244 Å². The SMILES string of the molecule is CC(C)(C)c1ccc(-c2ccccc2N(c2ccccc2-c2cccc3cccc(-c4cc(C(C)(C)C)cc(C(C)(C)C)c4)c23)c2cccc3c2-c2ccccc2C3(C)c2ccccc2)cc1. The molecular formula is C66H63N. The van der Waals surface area contributed by atoms with Crippen LogP contribution in [0.3, 0.4) is 0 Å². The summed E-state index contributed by atoms with van der Waals surface area (Å²) in [6.45, 7) is 23.2. The molecular weight excluding hydrogens is 807 g/mol. The maximum atomic E-state index is 2.58. The minimum atomic E-state index is -0.352. The van der Waals surface area contributed by atoms with Crippen LogP contribution in [0.4, 0.5) is 17.1 Å². The van der Waals surface area contributed by atoms with Gasteiger partial charge in [0.15, 0.2) is 0 Å². The zero-order valence-corrected chi connectivity index (χ0v) is 41.0. The number of benzene rings is 9. The van der Waals surface area contributed by atoms with Crippen molar-refractivity contribution in [3.05, 3.63) is 234 Å². The molecule has 10 rings (SSSR count). The summed E-state index contributed by atoms with van der Waals surface area (Å²) in [5.41, 5.74) is 20.8. The van der Waals surface area contributed by atoms with Crippen LogP contribution >= 0.6 is 0 Å². The molecule has 9 aromatic carbocycles. The van der Waals surface area contributed by atoms with E-state index in [4.69, 9.17) is 0 Å². The molecule has 0 fully saturated rings. The summed E-state index contributed by atoms with van der Waals surface area (Å²) < 4.78 is 0. The van der Waals surface area contributed by atoms with Gasteiger partial charge in [0, 0.05) is 22.1 Å². The zero-order valence-electron chi connectivity index (χ0n) is 41.0. The first-order valence-corrected chi connectivity index (χ1v) is 24.1. The number of anilines is 3. The zero-order chi connectivity index (χ0) is 46.9.